The highest BCUT2D eigenvalue weighted by atomic mass is 32.1. The molecular weight excluding hydrogens is 338 g/mol. The highest BCUT2D eigenvalue weighted by Gasteiger charge is 2.24. The van der Waals surface area contributed by atoms with Crippen LogP contribution in [0.25, 0.3) is 0 Å². The largest absolute Gasteiger partial charge is 0.324 e. The number of hydrogen-bond acceptors (Lipinski definition) is 5. The fourth-order valence-corrected chi connectivity index (χ4v) is 3.64. The summed E-state index contributed by atoms with van der Waals surface area (Å²) in [6.45, 7) is 7.66. The van der Waals surface area contributed by atoms with E-state index in [4.69, 9.17) is 0 Å². The molecule has 2 amide bonds. The molecule has 0 radical (unpaired) electrons. The van der Waals surface area contributed by atoms with Gasteiger partial charge >= 0.3 is 6.03 Å². The number of anilines is 1. The highest BCUT2D eigenvalue weighted by molar-refractivity contribution is 7.15. The Balaban J connectivity index is 1.54. The molecule has 3 heterocycles. The molecule has 1 saturated heterocycles. The molecule has 2 aromatic rings. The summed E-state index contributed by atoms with van der Waals surface area (Å²) in [5, 5.41) is 3.49. The fourth-order valence-electron chi connectivity index (χ4n) is 2.99. The maximum atomic E-state index is 12.3. The van der Waals surface area contributed by atoms with Crippen molar-refractivity contribution in [3.63, 3.8) is 0 Å². The first kappa shape index (κ1) is 17.6. The average Bonchev–Trinajstić information content (AvgIpc) is 3.01. The molecule has 0 spiro atoms. The van der Waals surface area contributed by atoms with Crippen molar-refractivity contribution in [2.45, 2.75) is 40.2 Å². The van der Waals surface area contributed by atoms with Gasteiger partial charge in [0, 0.05) is 42.0 Å². The van der Waals surface area contributed by atoms with Crippen molar-refractivity contribution in [2.24, 2.45) is 5.92 Å². The van der Waals surface area contributed by atoms with Gasteiger partial charge in [-0.25, -0.2) is 14.8 Å². The number of amides is 2. The van der Waals surface area contributed by atoms with Gasteiger partial charge in [-0.3, -0.25) is 14.7 Å². The zero-order valence-corrected chi connectivity index (χ0v) is 15.6. The summed E-state index contributed by atoms with van der Waals surface area (Å²) in [7, 11) is 0. The van der Waals surface area contributed by atoms with Crippen LogP contribution < -0.4 is 10.9 Å². The van der Waals surface area contributed by atoms with Crippen LogP contribution in [0.3, 0.4) is 0 Å². The van der Waals surface area contributed by atoms with Gasteiger partial charge in [-0.1, -0.05) is 0 Å². The van der Waals surface area contributed by atoms with Gasteiger partial charge in [-0.05, 0) is 39.5 Å². The quantitative estimate of drug-likeness (QED) is 0.911. The molecular formula is C17H23N5O2S. The van der Waals surface area contributed by atoms with Crippen LogP contribution in [-0.2, 0) is 6.54 Å². The third-order valence-corrected chi connectivity index (χ3v) is 5.54. The van der Waals surface area contributed by atoms with E-state index in [1.165, 1.54) is 11.3 Å². The molecule has 0 aliphatic carbocycles. The molecule has 1 aliphatic heterocycles. The number of urea groups is 1. The zero-order valence-electron chi connectivity index (χ0n) is 14.8. The number of nitrogens with one attached hydrogen (secondary N) is 1. The minimum atomic E-state index is -0.0992. The highest BCUT2D eigenvalue weighted by Crippen LogP contribution is 2.21. The number of aryl methyl sites for hydroxylation is 2. The SMILES string of the molecule is Cc1cnc(NC(=O)N2CCC(Cn3cnc(C)c(C)c3=O)CC2)s1. The van der Waals surface area contributed by atoms with Gasteiger partial charge < -0.3 is 4.90 Å². The number of carbonyl (C=O) groups is 1. The van der Waals surface area contributed by atoms with E-state index in [2.05, 4.69) is 15.3 Å². The van der Waals surface area contributed by atoms with Gasteiger partial charge in [0.25, 0.3) is 5.56 Å². The van der Waals surface area contributed by atoms with E-state index in [9.17, 15) is 9.59 Å². The van der Waals surface area contributed by atoms with Crippen LogP contribution in [-0.4, -0.2) is 38.6 Å². The standard InChI is InChI=1S/C17H23N5O2S/c1-11-8-18-16(25-11)20-17(24)21-6-4-14(5-7-21)9-22-10-19-13(3)12(2)15(22)23/h8,10,14H,4-7,9H2,1-3H3,(H,18,20,24). The minimum absolute atomic E-state index is 0.0341. The smallest absolute Gasteiger partial charge is 0.323 e. The molecule has 1 aliphatic rings. The van der Waals surface area contributed by atoms with Crippen LogP contribution in [0.15, 0.2) is 17.3 Å². The van der Waals surface area contributed by atoms with Crippen molar-refractivity contribution in [3.05, 3.63) is 39.0 Å². The summed E-state index contributed by atoms with van der Waals surface area (Å²) in [4.78, 5) is 35.9. The van der Waals surface area contributed by atoms with Crippen molar-refractivity contribution in [1.82, 2.24) is 19.4 Å². The Labute approximate surface area is 150 Å². The molecule has 8 heteroatoms. The molecule has 1 N–H and O–H groups in total. The first-order chi connectivity index (χ1) is 11.9. The van der Waals surface area contributed by atoms with Crippen molar-refractivity contribution >= 4 is 22.5 Å². The number of piperidine rings is 1. The third kappa shape index (κ3) is 4.07. The van der Waals surface area contributed by atoms with Crippen LogP contribution in [0, 0.1) is 26.7 Å². The lowest BCUT2D eigenvalue weighted by Gasteiger charge is -2.32. The maximum absolute atomic E-state index is 12.3. The van der Waals surface area contributed by atoms with Gasteiger partial charge in [-0.15, -0.1) is 11.3 Å². The lowest BCUT2D eigenvalue weighted by molar-refractivity contribution is 0.176. The summed E-state index contributed by atoms with van der Waals surface area (Å²) in [5.41, 5.74) is 1.52. The van der Waals surface area contributed by atoms with E-state index in [1.807, 2.05) is 25.7 Å². The second-order valence-electron chi connectivity index (χ2n) is 6.55. The van der Waals surface area contributed by atoms with Gasteiger partial charge in [0.15, 0.2) is 5.13 Å². The van der Waals surface area contributed by atoms with Crippen molar-refractivity contribution < 1.29 is 4.79 Å². The minimum Gasteiger partial charge on any atom is -0.324 e. The molecule has 25 heavy (non-hydrogen) atoms. The lowest BCUT2D eigenvalue weighted by Crippen LogP contribution is -2.42. The van der Waals surface area contributed by atoms with Gasteiger partial charge in [-0.2, -0.15) is 0 Å². The lowest BCUT2D eigenvalue weighted by atomic mass is 9.97. The van der Waals surface area contributed by atoms with E-state index < -0.39 is 0 Å². The Kier molecular flexibility index (Phi) is 5.17. The van der Waals surface area contributed by atoms with Crippen LogP contribution in [0.4, 0.5) is 9.93 Å². The van der Waals surface area contributed by atoms with E-state index >= 15 is 0 Å². The number of nitrogens with zero attached hydrogens (tertiary/aromatic N) is 4. The Bertz CT molecular complexity index is 821. The average molecular weight is 361 g/mol. The molecule has 0 atom stereocenters. The molecule has 134 valence electrons. The van der Waals surface area contributed by atoms with Gasteiger partial charge in [0.2, 0.25) is 0 Å². The molecule has 7 nitrogen and oxygen atoms in total. The normalized spacial score (nSPS) is 15.4. The number of hydrogen-bond donors (Lipinski definition) is 1. The summed E-state index contributed by atoms with van der Waals surface area (Å²) >= 11 is 1.47. The van der Waals surface area contributed by atoms with Crippen molar-refractivity contribution in [1.29, 1.82) is 0 Å². The molecule has 1 fully saturated rings. The molecule has 2 aromatic heterocycles. The first-order valence-corrected chi connectivity index (χ1v) is 9.26. The third-order valence-electron chi connectivity index (χ3n) is 4.71. The molecule has 0 aromatic carbocycles. The zero-order chi connectivity index (χ0) is 18.0. The summed E-state index contributed by atoms with van der Waals surface area (Å²) in [6, 6.07) is -0.0992. The molecule has 0 saturated carbocycles. The summed E-state index contributed by atoms with van der Waals surface area (Å²) < 4.78 is 1.70. The number of aromatic nitrogens is 3. The van der Waals surface area contributed by atoms with Crippen molar-refractivity contribution in [3.8, 4) is 0 Å². The van der Waals surface area contributed by atoms with Crippen LogP contribution >= 0.6 is 11.3 Å². The van der Waals surface area contributed by atoms with Crippen LogP contribution in [0.5, 0.6) is 0 Å². The predicted molar refractivity (Wildman–Crippen MR) is 98.1 cm³/mol. The van der Waals surface area contributed by atoms with Crippen LogP contribution in [0.1, 0.15) is 29.0 Å². The van der Waals surface area contributed by atoms with E-state index in [1.54, 1.807) is 17.1 Å². The molecule has 0 unspecified atom stereocenters. The second kappa shape index (κ2) is 7.35. The fraction of sp³-hybridized carbons (Fsp3) is 0.529. The van der Waals surface area contributed by atoms with Crippen molar-refractivity contribution in [2.75, 3.05) is 18.4 Å². The summed E-state index contributed by atoms with van der Waals surface area (Å²) in [6.07, 6.45) is 5.14. The Hall–Kier alpha value is -2.22. The van der Waals surface area contributed by atoms with Gasteiger partial charge in [0.05, 0.1) is 6.33 Å². The van der Waals surface area contributed by atoms with Crippen LogP contribution in [0.2, 0.25) is 0 Å². The predicted octanol–water partition coefficient (Wildman–Crippen LogP) is 2.57. The van der Waals surface area contributed by atoms with Gasteiger partial charge in [0.1, 0.15) is 0 Å². The van der Waals surface area contributed by atoms with E-state index in [0.717, 1.165) is 23.4 Å². The maximum Gasteiger partial charge on any atom is 0.323 e. The topological polar surface area (TPSA) is 80.1 Å². The number of thiazole rings is 1. The second-order valence-corrected chi connectivity index (χ2v) is 7.78. The number of likely N-dealkylation sites (tertiary alicyclic amines) is 1. The Morgan fingerprint density at radius 3 is 2.64 bits per heavy atom. The number of carbonyl (C=O) groups excluding carboxylic acids is 1. The van der Waals surface area contributed by atoms with E-state index in [-0.39, 0.29) is 11.6 Å². The van der Waals surface area contributed by atoms with E-state index in [0.29, 0.717) is 36.2 Å². The molecule has 0 bridgehead atoms. The monoisotopic (exact) mass is 361 g/mol. The number of rotatable bonds is 3. The first-order valence-electron chi connectivity index (χ1n) is 8.45. The Morgan fingerprint density at radius 2 is 2.00 bits per heavy atom. The molecule has 3 rings (SSSR count). The Morgan fingerprint density at radius 1 is 1.28 bits per heavy atom. The summed E-state index contributed by atoms with van der Waals surface area (Å²) in [5.74, 6) is 0.382.